The highest BCUT2D eigenvalue weighted by Gasteiger charge is 2.24. The third-order valence-electron chi connectivity index (χ3n) is 2.65. The monoisotopic (exact) mass is 269 g/mol. The second-order valence-corrected chi connectivity index (χ2v) is 3.94. The molecule has 0 unspecified atom stereocenters. The first-order chi connectivity index (χ1) is 9.11. The Morgan fingerprint density at radius 1 is 1.42 bits per heavy atom. The first kappa shape index (κ1) is 13.4. The minimum absolute atomic E-state index is 0.118. The molecule has 2 rings (SSSR count). The van der Waals surface area contributed by atoms with Crippen LogP contribution < -0.4 is 16.7 Å². The van der Waals surface area contributed by atoms with Crippen LogP contribution in [0.5, 0.6) is 0 Å². The predicted molar refractivity (Wildman–Crippen MR) is 67.2 cm³/mol. The van der Waals surface area contributed by atoms with Crippen molar-refractivity contribution in [3.63, 3.8) is 0 Å². The summed E-state index contributed by atoms with van der Waals surface area (Å²) in [6.45, 7) is 3.89. The van der Waals surface area contributed by atoms with Crippen LogP contribution >= 0.6 is 0 Å². The van der Waals surface area contributed by atoms with Crippen molar-refractivity contribution in [1.82, 2.24) is 15.0 Å². The lowest BCUT2D eigenvalue weighted by atomic mass is 10.3. The smallest absolute Gasteiger partial charge is 0.333 e. The first-order valence-electron chi connectivity index (χ1n) is 5.71. The van der Waals surface area contributed by atoms with Crippen LogP contribution in [0.2, 0.25) is 0 Å². The summed E-state index contributed by atoms with van der Waals surface area (Å²) >= 11 is 0. The summed E-state index contributed by atoms with van der Waals surface area (Å²) in [7, 11) is 0. The standard InChI is InChI=1S/C9H15N7O3/c1-6-7(16(17)18)8(12-9(11-6)13-10)14-15-2-4-19-5-3-15/h2-5,10H2,1H3,(H2,11,12,13,14). The van der Waals surface area contributed by atoms with Crippen molar-refractivity contribution >= 4 is 17.5 Å². The third-order valence-corrected chi connectivity index (χ3v) is 2.65. The van der Waals surface area contributed by atoms with Gasteiger partial charge in [-0.15, -0.1) is 0 Å². The van der Waals surface area contributed by atoms with Crippen molar-refractivity contribution in [2.75, 3.05) is 37.2 Å². The molecule has 0 aliphatic carbocycles. The topological polar surface area (TPSA) is 131 Å². The molecule has 0 saturated carbocycles. The maximum atomic E-state index is 11.1. The van der Waals surface area contributed by atoms with Gasteiger partial charge in [0.2, 0.25) is 11.8 Å². The third kappa shape index (κ3) is 3.05. The van der Waals surface area contributed by atoms with E-state index >= 15 is 0 Å². The maximum Gasteiger partial charge on any atom is 0.333 e. The fraction of sp³-hybridized carbons (Fsp3) is 0.556. The van der Waals surface area contributed by atoms with E-state index in [-0.39, 0.29) is 23.1 Å². The van der Waals surface area contributed by atoms with Gasteiger partial charge in [-0.2, -0.15) is 4.98 Å². The predicted octanol–water partition coefficient (Wildman–Crippen LogP) is -0.362. The summed E-state index contributed by atoms with van der Waals surface area (Å²) in [5.74, 6) is 5.48. The van der Waals surface area contributed by atoms with Gasteiger partial charge in [-0.05, 0) is 6.92 Å². The van der Waals surface area contributed by atoms with E-state index in [0.717, 1.165) is 0 Å². The van der Waals surface area contributed by atoms with Crippen LogP contribution in [0.1, 0.15) is 5.69 Å². The molecule has 1 saturated heterocycles. The van der Waals surface area contributed by atoms with Crippen LogP contribution in [0.15, 0.2) is 0 Å². The van der Waals surface area contributed by atoms with Crippen LogP contribution in [0, 0.1) is 17.0 Å². The Hall–Kier alpha value is -2.04. The molecular formula is C9H15N7O3. The molecule has 1 aliphatic heterocycles. The normalized spacial score (nSPS) is 16.1. The molecular weight excluding hydrogens is 254 g/mol. The summed E-state index contributed by atoms with van der Waals surface area (Å²) in [6.07, 6.45) is 0. The number of hydrogen-bond donors (Lipinski definition) is 3. The number of morpholine rings is 1. The van der Waals surface area contributed by atoms with Crippen molar-refractivity contribution < 1.29 is 9.66 Å². The van der Waals surface area contributed by atoms with Gasteiger partial charge in [0.1, 0.15) is 5.69 Å². The Morgan fingerprint density at radius 2 is 2.11 bits per heavy atom. The number of nitrogen functional groups attached to an aromatic ring is 1. The second kappa shape index (κ2) is 5.73. The van der Waals surface area contributed by atoms with Crippen molar-refractivity contribution in [2.24, 2.45) is 5.84 Å². The highest BCUT2D eigenvalue weighted by Crippen LogP contribution is 2.26. The van der Waals surface area contributed by atoms with E-state index in [1.165, 1.54) is 6.92 Å². The lowest BCUT2D eigenvalue weighted by molar-refractivity contribution is -0.385. The minimum Gasteiger partial charge on any atom is -0.379 e. The largest absolute Gasteiger partial charge is 0.379 e. The van der Waals surface area contributed by atoms with Gasteiger partial charge in [0.25, 0.3) is 0 Å². The molecule has 4 N–H and O–H groups in total. The molecule has 0 aromatic carbocycles. The number of nitrogens with zero attached hydrogens (tertiary/aromatic N) is 4. The Kier molecular flexibility index (Phi) is 4.04. The fourth-order valence-corrected chi connectivity index (χ4v) is 1.75. The molecule has 19 heavy (non-hydrogen) atoms. The van der Waals surface area contributed by atoms with Crippen molar-refractivity contribution in [2.45, 2.75) is 6.92 Å². The number of nitrogens with two attached hydrogens (primary N) is 1. The van der Waals surface area contributed by atoms with E-state index in [9.17, 15) is 10.1 Å². The number of ether oxygens (including phenoxy) is 1. The van der Waals surface area contributed by atoms with Crippen molar-refractivity contribution in [3.8, 4) is 0 Å². The van der Waals surface area contributed by atoms with Gasteiger partial charge in [-0.3, -0.25) is 21.0 Å². The van der Waals surface area contributed by atoms with Gasteiger partial charge in [0.15, 0.2) is 0 Å². The lowest BCUT2D eigenvalue weighted by Crippen LogP contribution is -2.40. The molecule has 104 valence electrons. The molecule has 0 spiro atoms. The maximum absolute atomic E-state index is 11.1. The number of anilines is 2. The zero-order valence-electron chi connectivity index (χ0n) is 10.4. The molecule has 0 radical (unpaired) electrons. The molecule has 0 amide bonds. The number of nitrogens with one attached hydrogen (secondary N) is 2. The van der Waals surface area contributed by atoms with Gasteiger partial charge in [-0.1, -0.05) is 0 Å². The minimum atomic E-state index is -0.515. The van der Waals surface area contributed by atoms with E-state index in [1.54, 1.807) is 5.01 Å². The summed E-state index contributed by atoms with van der Waals surface area (Å²) < 4.78 is 5.20. The number of aromatic nitrogens is 2. The molecule has 1 aromatic rings. The molecule has 10 nitrogen and oxygen atoms in total. The molecule has 0 bridgehead atoms. The Balaban J connectivity index is 2.29. The quantitative estimate of drug-likeness (QED) is 0.380. The first-order valence-corrected chi connectivity index (χ1v) is 5.71. The number of rotatable bonds is 4. The Bertz CT molecular complexity index is 475. The Morgan fingerprint density at radius 3 is 2.68 bits per heavy atom. The SMILES string of the molecule is Cc1nc(NN)nc(NN2CCOCC2)c1[N+](=O)[O-]. The van der Waals surface area contributed by atoms with Crippen LogP contribution in [-0.2, 0) is 4.74 Å². The zero-order chi connectivity index (χ0) is 13.8. The van der Waals surface area contributed by atoms with Gasteiger partial charge in [0.05, 0.1) is 18.1 Å². The van der Waals surface area contributed by atoms with Gasteiger partial charge in [-0.25, -0.2) is 15.8 Å². The van der Waals surface area contributed by atoms with E-state index in [2.05, 4.69) is 20.8 Å². The number of nitro groups is 1. The second-order valence-electron chi connectivity index (χ2n) is 3.94. The number of aryl methyl sites for hydroxylation is 1. The fourth-order valence-electron chi connectivity index (χ4n) is 1.75. The van der Waals surface area contributed by atoms with Gasteiger partial charge in [0, 0.05) is 13.1 Å². The van der Waals surface area contributed by atoms with Crippen LogP contribution in [0.4, 0.5) is 17.5 Å². The summed E-state index contributed by atoms with van der Waals surface area (Å²) in [4.78, 5) is 18.4. The number of hydrazine groups is 2. The van der Waals surface area contributed by atoms with Crippen LogP contribution in [0.25, 0.3) is 0 Å². The lowest BCUT2D eigenvalue weighted by Gasteiger charge is -2.27. The van der Waals surface area contributed by atoms with Crippen molar-refractivity contribution in [3.05, 3.63) is 15.8 Å². The van der Waals surface area contributed by atoms with Crippen LogP contribution in [0.3, 0.4) is 0 Å². The molecule has 10 heteroatoms. The molecule has 1 fully saturated rings. The highest BCUT2D eigenvalue weighted by atomic mass is 16.6. The van der Waals surface area contributed by atoms with Crippen molar-refractivity contribution in [1.29, 1.82) is 0 Å². The van der Waals surface area contributed by atoms with Crippen LogP contribution in [-0.4, -0.2) is 46.2 Å². The summed E-state index contributed by atoms with van der Waals surface area (Å²) in [6, 6.07) is 0. The Labute approximate surface area is 109 Å². The molecule has 0 atom stereocenters. The zero-order valence-corrected chi connectivity index (χ0v) is 10.4. The highest BCUT2D eigenvalue weighted by molar-refractivity contribution is 5.60. The van der Waals surface area contributed by atoms with E-state index in [0.29, 0.717) is 26.3 Å². The summed E-state index contributed by atoms with van der Waals surface area (Å²) in [5, 5.41) is 12.9. The molecule has 1 aliphatic rings. The van der Waals surface area contributed by atoms with E-state index in [4.69, 9.17) is 10.6 Å². The molecule has 2 heterocycles. The molecule has 1 aromatic heterocycles. The average Bonchev–Trinajstić information content (AvgIpc) is 2.38. The van der Waals surface area contributed by atoms with E-state index in [1.807, 2.05) is 0 Å². The van der Waals surface area contributed by atoms with Gasteiger partial charge < -0.3 is 4.74 Å². The summed E-state index contributed by atoms with van der Waals surface area (Å²) in [5.41, 5.74) is 5.27. The van der Waals surface area contributed by atoms with Gasteiger partial charge >= 0.3 is 5.69 Å². The average molecular weight is 269 g/mol. The number of hydrogen-bond acceptors (Lipinski definition) is 9. The van der Waals surface area contributed by atoms with E-state index < -0.39 is 4.92 Å².